The highest BCUT2D eigenvalue weighted by Crippen LogP contribution is 2.24. The number of hydrogen-bond acceptors (Lipinski definition) is 3. The number of hydrogen-bond donors (Lipinski definition) is 3. The van der Waals surface area contributed by atoms with Gasteiger partial charge in [-0.2, -0.15) is 0 Å². The molecule has 0 aromatic heterocycles. The Bertz CT molecular complexity index is 304. The van der Waals surface area contributed by atoms with Crippen molar-refractivity contribution >= 4 is 28.9 Å². The summed E-state index contributed by atoms with van der Waals surface area (Å²) >= 11 is 11.6. The summed E-state index contributed by atoms with van der Waals surface area (Å²) < 4.78 is 0. The molecule has 14 heavy (non-hydrogen) atoms. The quantitative estimate of drug-likeness (QED) is 0.742. The van der Waals surface area contributed by atoms with Gasteiger partial charge in [0.2, 0.25) is 0 Å². The Morgan fingerprint density at radius 3 is 2.57 bits per heavy atom. The number of nitrogens with one attached hydrogen (secondary N) is 1. The van der Waals surface area contributed by atoms with Crippen molar-refractivity contribution in [1.29, 1.82) is 0 Å². The average molecular weight is 234 g/mol. The first-order valence-corrected chi connectivity index (χ1v) is 5.03. The molecule has 3 nitrogen and oxygen atoms in total. The Morgan fingerprint density at radius 1 is 1.29 bits per heavy atom. The predicted octanol–water partition coefficient (Wildman–Crippen LogP) is 1.69. The molecular weight excluding hydrogens is 221 g/mol. The minimum Gasteiger partial charge on any atom is -0.383 e. The molecule has 0 spiro atoms. The van der Waals surface area contributed by atoms with Crippen LogP contribution in [0.25, 0.3) is 0 Å². The lowest BCUT2D eigenvalue weighted by molar-refractivity contribution is 0.713. The van der Waals surface area contributed by atoms with Crippen molar-refractivity contribution in [3.05, 3.63) is 28.2 Å². The summed E-state index contributed by atoms with van der Waals surface area (Å²) in [5, 5.41) is 4.18. The molecule has 0 aliphatic carbocycles. The third kappa shape index (κ3) is 3.35. The summed E-state index contributed by atoms with van der Waals surface area (Å²) in [5.74, 6) is 0. The summed E-state index contributed by atoms with van der Waals surface area (Å²) in [6.07, 6.45) is 0. The van der Waals surface area contributed by atoms with Crippen LogP contribution in [0, 0.1) is 0 Å². The van der Waals surface area contributed by atoms with E-state index >= 15 is 0 Å². The van der Waals surface area contributed by atoms with Crippen molar-refractivity contribution in [1.82, 2.24) is 0 Å². The number of rotatable bonds is 4. The molecule has 0 aliphatic rings. The SMILES string of the molecule is NCC(N)CNc1ccc(Cl)c(Cl)c1. The molecule has 1 unspecified atom stereocenters. The van der Waals surface area contributed by atoms with Gasteiger partial charge < -0.3 is 16.8 Å². The van der Waals surface area contributed by atoms with Crippen molar-refractivity contribution in [2.45, 2.75) is 6.04 Å². The van der Waals surface area contributed by atoms with Crippen LogP contribution in [-0.2, 0) is 0 Å². The number of benzene rings is 1. The number of anilines is 1. The fourth-order valence-electron chi connectivity index (χ4n) is 0.938. The Labute approximate surface area is 93.4 Å². The molecule has 5 N–H and O–H groups in total. The van der Waals surface area contributed by atoms with Gasteiger partial charge in [0.25, 0.3) is 0 Å². The molecule has 78 valence electrons. The van der Waals surface area contributed by atoms with Gasteiger partial charge >= 0.3 is 0 Å². The van der Waals surface area contributed by atoms with E-state index in [2.05, 4.69) is 5.32 Å². The van der Waals surface area contributed by atoms with E-state index in [9.17, 15) is 0 Å². The summed E-state index contributed by atoms with van der Waals surface area (Å²) in [6.45, 7) is 1.07. The van der Waals surface area contributed by atoms with Crippen LogP contribution < -0.4 is 16.8 Å². The van der Waals surface area contributed by atoms with E-state index in [1.54, 1.807) is 12.1 Å². The maximum Gasteiger partial charge on any atom is 0.0612 e. The Morgan fingerprint density at radius 2 is 2.00 bits per heavy atom. The molecule has 0 amide bonds. The monoisotopic (exact) mass is 233 g/mol. The molecule has 0 aliphatic heterocycles. The normalized spacial score (nSPS) is 12.6. The minimum absolute atomic E-state index is 0.0514. The largest absolute Gasteiger partial charge is 0.383 e. The van der Waals surface area contributed by atoms with Gasteiger partial charge in [0.15, 0.2) is 0 Å². The van der Waals surface area contributed by atoms with E-state index in [-0.39, 0.29) is 6.04 Å². The van der Waals surface area contributed by atoms with E-state index < -0.39 is 0 Å². The van der Waals surface area contributed by atoms with Gasteiger partial charge in [0.1, 0.15) is 0 Å². The predicted molar refractivity (Wildman–Crippen MR) is 62.0 cm³/mol. The second kappa shape index (κ2) is 5.41. The van der Waals surface area contributed by atoms with Gasteiger partial charge in [-0.15, -0.1) is 0 Å². The van der Waals surface area contributed by atoms with Gasteiger partial charge in [0, 0.05) is 24.8 Å². The summed E-state index contributed by atoms with van der Waals surface area (Å²) in [5.41, 5.74) is 11.9. The van der Waals surface area contributed by atoms with Crippen molar-refractivity contribution in [2.24, 2.45) is 11.5 Å². The fourth-order valence-corrected chi connectivity index (χ4v) is 1.24. The number of nitrogens with two attached hydrogens (primary N) is 2. The highest BCUT2D eigenvalue weighted by molar-refractivity contribution is 6.42. The van der Waals surface area contributed by atoms with E-state index in [0.717, 1.165) is 5.69 Å². The standard InChI is InChI=1S/C9H13Cl2N3/c10-8-2-1-7(3-9(8)11)14-5-6(13)4-12/h1-3,6,14H,4-5,12-13H2. The average Bonchev–Trinajstić information content (AvgIpc) is 2.19. The third-order valence-electron chi connectivity index (χ3n) is 1.79. The molecule has 5 heteroatoms. The van der Waals surface area contributed by atoms with Crippen molar-refractivity contribution in [3.8, 4) is 0 Å². The van der Waals surface area contributed by atoms with E-state index in [1.807, 2.05) is 6.07 Å². The lowest BCUT2D eigenvalue weighted by Gasteiger charge is -2.11. The van der Waals surface area contributed by atoms with Crippen molar-refractivity contribution < 1.29 is 0 Å². The Kier molecular flexibility index (Phi) is 4.48. The lowest BCUT2D eigenvalue weighted by Crippen LogP contribution is -2.36. The smallest absolute Gasteiger partial charge is 0.0612 e. The fraction of sp³-hybridized carbons (Fsp3) is 0.333. The molecular formula is C9H13Cl2N3. The van der Waals surface area contributed by atoms with Crippen LogP contribution in [0.15, 0.2) is 18.2 Å². The van der Waals surface area contributed by atoms with Gasteiger partial charge in [0.05, 0.1) is 10.0 Å². The zero-order valence-electron chi connectivity index (χ0n) is 7.63. The highest BCUT2D eigenvalue weighted by atomic mass is 35.5. The van der Waals surface area contributed by atoms with Crippen molar-refractivity contribution in [2.75, 3.05) is 18.4 Å². The summed E-state index contributed by atoms with van der Waals surface area (Å²) in [7, 11) is 0. The van der Waals surface area contributed by atoms with Gasteiger partial charge in [-0.3, -0.25) is 0 Å². The van der Waals surface area contributed by atoms with Gasteiger partial charge in [-0.1, -0.05) is 23.2 Å². The summed E-state index contributed by atoms with van der Waals surface area (Å²) in [4.78, 5) is 0. The second-order valence-corrected chi connectivity index (χ2v) is 3.82. The molecule has 1 aromatic carbocycles. The van der Waals surface area contributed by atoms with Crippen LogP contribution in [-0.4, -0.2) is 19.1 Å². The molecule has 0 heterocycles. The van der Waals surface area contributed by atoms with Crippen LogP contribution >= 0.6 is 23.2 Å². The maximum atomic E-state index is 5.84. The van der Waals surface area contributed by atoms with Gasteiger partial charge in [-0.05, 0) is 18.2 Å². The van der Waals surface area contributed by atoms with E-state index in [1.165, 1.54) is 0 Å². The number of halogens is 2. The molecule has 1 aromatic rings. The van der Waals surface area contributed by atoms with Crippen LogP contribution in [0.1, 0.15) is 0 Å². The topological polar surface area (TPSA) is 64.1 Å². The molecule has 0 radical (unpaired) electrons. The highest BCUT2D eigenvalue weighted by Gasteiger charge is 2.01. The molecule has 1 atom stereocenters. The zero-order chi connectivity index (χ0) is 10.6. The second-order valence-electron chi connectivity index (χ2n) is 3.01. The van der Waals surface area contributed by atoms with E-state index in [4.69, 9.17) is 34.7 Å². The Balaban J connectivity index is 2.55. The van der Waals surface area contributed by atoms with Crippen molar-refractivity contribution in [3.63, 3.8) is 0 Å². The van der Waals surface area contributed by atoms with Crippen LogP contribution in [0.3, 0.4) is 0 Å². The molecule has 0 saturated carbocycles. The van der Waals surface area contributed by atoms with Crippen LogP contribution in [0.2, 0.25) is 10.0 Å². The third-order valence-corrected chi connectivity index (χ3v) is 2.53. The Hall–Kier alpha value is -0.480. The first-order chi connectivity index (χ1) is 6.63. The first-order valence-electron chi connectivity index (χ1n) is 4.28. The lowest BCUT2D eigenvalue weighted by atomic mass is 10.3. The molecule has 1 rings (SSSR count). The molecule has 0 saturated heterocycles. The summed E-state index contributed by atoms with van der Waals surface area (Å²) in [6, 6.07) is 5.29. The molecule has 0 bridgehead atoms. The first kappa shape index (κ1) is 11.6. The van der Waals surface area contributed by atoms with Crippen LogP contribution in [0.5, 0.6) is 0 Å². The zero-order valence-corrected chi connectivity index (χ0v) is 9.15. The van der Waals surface area contributed by atoms with Gasteiger partial charge in [-0.25, -0.2) is 0 Å². The van der Waals surface area contributed by atoms with E-state index in [0.29, 0.717) is 23.1 Å². The maximum absolute atomic E-state index is 5.84. The molecule has 0 fully saturated rings. The minimum atomic E-state index is -0.0514. The van der Waals surface area contributed by atoms with Crippen LogP contribution in [0.4, 0.5) is 5.69 Å².